The summed E-state index contributed by atoms with van der Waals surface area (Å²) >= 11 is 0. The van der Waals surface area contributed by atoms with Crippen LogP contribution in [-0.4, -0.2) is 41.8 Å². The van der Waals surface area contributed by atoms with Crippen LogP contribution in [-0.2, 0) is 4.79 Å². The van der Waals surface area contributed by atoms with Crippen LogP contribution in [0.4, 0.5) is 5.69 Å². The predicted molar refractivity (Wildman–Crippen MR) is 68.0 cm³/mol. The number of hydrogen-bond donors (Lipinski definition) is 4. The van der Waals surface area contributed by atoms with Gasteiger partial charge in [-0.15, -0.1) is 0 Å². The van der Waals surface area contributed by atoms with Crippen molar-refractivity contribution in [3.8, 4) is 5.75 Å². The fraction of sp³-hybridized carbons (Fsp3) is 0.333. The van der Waals surface area contributed by atoms with E-state index in [1.54, 1.807) is 0 Å². The number of nitrogens with two attached hydrogens (primary N) is 1. The highest BCUT2D eigenvalue weighted by molar-refractivity contribution is 5.99. The van der Waals surface area contributed by atoms with Gasteiger partial charge in [-0.05, 0) is 12.1 Å². The van der Waals surface area contributed by atoms with Gasteiger partial charge in [-0.3, -0.25) is 4.79 Å². The molecule has 0 heterocycles. The lowest BCUT2D eigenvalue weighted by atomic mass is 10.1. The molecule has 7 nitrogen and oxygen atoms in total. The van der Waals surface area contributed by atoms with E-state index in [1.165, 1.54) is 25.3 Å². The minimum atomic E-state index is -1.21. The number of carbonyl (C=O) groups excluding carboxylic acids is 1. The van der Waals surface area contributed by atoms with Crippen molar-refractivity contribution in [2.24, 2.45) is 0 Å². The number of ether oxygens (including phenoxy) is 1. The largest absolute Gasteiger partial charge is 0.496 e. The summed E-state index contributed by atoms with van der Waals surface area (Å²) < 4.78 is 5.01. The van der Waals surface area contributed by atoms with Gasteiger partial charge in [-0.25, -0.2) is 4.79 Å². The molecule has 0 aliphatic heterocycles. The van der Waals surface area contributed by atoms with Crippen LogP contribution in [0.5, 0.6) is 5.75 Å². The van der Waals surface area contributed by atoms with Crippen LogP contribution in [0.1, 0.15) is 16.8 Å². The molecule has 0 aliphatic carbocycles. The summed E-state index contributed by atoms with van der Waals surface area (Å²) in [4.78, 5) is 22.8. The van der Waals surface area contributed by atoms with E-state index in [2.05, 4.69) is 5.32 Å². The van der Waals surface area contributed by atoms with Gasteiger partial charge in [-0.1, -0.05) is 0 Å². The molecule has 0 unspecified atom stereocenters. The summed E-state index contributed by atoms with van der Waals surface area (Å²) in [7, 11) is 1.38. The predicted octanol–water partition coefficient (Wildman–Crippen LogP) is -0.157. The molecule has 1 aromatic rings. The van der Waals surface area contributed by atoms with Crippen LogP contribution in [0.15, 0.2) is 18.2 Å². The first kappa shape index (κ1) is 14.8. The number of carbonyl (C=O) groups is 2. The smallest absolute Gasteiger partial charge is 0.326 e. The number of rotatable bonds is 6. The molecule has 5 N–H and O–H groups in total. The van der Waals surface area contributed by atoms with Gasteiger partial charge in [0.2, 0.25) is 0 Å². The first-order valence-corrected chi connectivity index (χ1v) is 5.57. The Balaban J connectivity index is 2.91. The van der Waals surface area contributed by atoms with Crippen molar-refractivity contribution in [2.45, 2.75) is 12.5 Å². The molecule has 104 valence electrons. The Morgan fingerprint density at radius 1 is 1.47 bits per heavy atom. The maximum Gasteiger partial charge on any atom is 0.326 e. The fourth-order valence-electron chi connectivity index (χ4n) is 1.52. The molecule has 0 radical (unpaired) electrons. The van der Waals surface area contributed by atoms with E-state index in [4.69, 9.17) is 20.7 Å². The lowest BCUT2D eigenvalue weighted by Crippen LogP contribution is -2.41. The Morgan fingerprint density at radius 2 is 2.16 bits per heavy atom. The number of benzene rings is 1. The first-order chi connectivity index (χ1) is 8.99. The van der Waals surface area contributed by atoms with Crippen LogP contribution in [0.3, 0.4) is 0 Å². The monoisotopic (exact) mass is 268 g/mol. The molecule has 0 spiro atoms. The van der Waals surface area contributed by atoms with Crippen molar-refractivity contribution in [1.82, 2.24) is 5.32 Å². The molecular weight excluding hydrogens is 252 g/mol. The third-order valence-corrected chi connectivity index (χ3v) is 2.49. The zero-order valence-corrected chi connectivity index (χ0v) is 10.4. The lowest BCUT2D eigenvalue weighted by Gasteiger charge is -2.15. The molecule has 0 bridgehead atoms. The van der Waals surface area contributed by atoms with Crippen LogP contribution >= 0.6 is 0 Å². The van der Waals surface area contributed by atoms with Gasteiger partial charge in [0.1, 0.15) is 11.8 Å². The van der Waals surface area contributed by atoms with Gasteiger partial charge in [-0.2, -0.15) is 0 Å². The number of carboxylic acids is 1. The van der Waals surface area contributed by atoms with Crippen molar-refractivity contribution in [1.29, 1.82) is 0 Å². The molecule has 0 aliphatic rings. The second kappa shape index (κ2) is 6.60. The first-order valence-electron chi connectivity index (χ1n) is 5.57. The standard InChI is InChI=1S/C12H16N2O5/c1-19-10-6-7(13)2-3-8(10)11(16)14-9(4-5-15)12(17)18/h2-3,6,9,15H,4-5,13H2,1H3,(H,14,16)(H,17,18)/t9-/m0/s1. The molecule has 0 saturated carbocycles. The number of hydrogen-bond acceptors (Lipinski definition) is 5. The third kappa shape index (κ3) is 3.85. The number of carboxylic acid groups (broad SMARTS) is 1. The third-order valence-electron chi connectivity index (χ3n) is 2.49. The maximum absolute atomic E-state index is 11.9. The highest BCUT2D eigenvalue weighted by Crippen LogP contribution is 2.21. The SMILES string of the molecule is COc1cc(N)ccc1C(=O)N[C@@H](CCO)C(=O)O. The Hall–Kier alpha value is -2.28. The summed E-state index contributed by atoms with van der Waals surface area (Å²) in [6.07, 6.45) is -0.0711. The molecule has 0 aromatic heterocycles. The topological polar surface area (TPSA) is 122 Å². The van der Waals surface area contributed by atoms with E-state index in [-0.39, 0.29) is 24.3 Å². The van der Waals surface area contributed by atoms with Crippen molar-refractivity contribution in [2.75, 3.05) is 19.5 Å². The van der Waals surface area contributed by atoms with E-state index in [1.807, 2.05) is 0 Å². The number of aliphatic hydroxyl groups excluding tert-OH is 1. The molecule has 0 fully saturated rings. The van der Waals surface area contributed by atoms with Gasteiger partial charge >= 0.3 is 5.97 Å². The van der Waals surface area contributed by atoms with E-state index in [0.717, 1.165) is 0 Å². The van der Waals surface area contributed by atoms with E-state index >= 15 is 0 Å². The van der Waals surface area contributed by atoms with Crippen molar-refractivity contribution in [3.63, 3.8) is 0 Å². The van der Waals surface area contributed by atoms with Crippen molar-refractivity contribution >= 4 is 17.6 Å². The number of anilines is 1. The molecule has 0 saturated heterocycles. The summed E-state index contributed by atoms with van der Waals surface area (Å²) in [6, 6.07) is 3.27. The minimum Gasteiger partial charge on any atom is -0.496 e. The second-order valence-electron chi connectivity index (χ2n) is 3.84. The molecular formula is C12H16N2O5. The fourth-order valence-corrected chi connectivity index (χ4v) is 1.52. The molecule has 1 rings (SSSR count). The number of nitrogen functional groups attached to an aromatic ring is 1. The zero-order valence-electron chi connectivity index (χ0n) is 10.4. The molecule has 7 heteroatoms. The van der Waals surface area contributed by atoms with Gasteiger partial charge in [0.25, 0.3) is 5.91 Å². The van der Waals surface area contributed by atoms with Gasteiger partial charge in [0, 0.05) is 24.8 Å². The molecule has 1 amide bonds. The number of aliphatic carboxylic acids is 1. The van der Waals surface area contributed by atoms with Gasteiger partial charge in [0.05, 0.1) is 12.7 Å². The quantitative estimate of drug-likeness (QED) is 0.532. The number of methoxy groups -OCH3 is 1. The molecule has 19 heavy (non-hydrogen) atoms. The number of amides is 1. The maximum atomic E-state index is 11.9. The summed E-state index contributed by atoms with van der Waals surface area (Å²) in [5.74, 6) is -1.56. The Kier molecular flexibility index (Phi) is 5.13. The summed E-state index contributed by atoms with van der Waals surface area (Å²) in [5.41, 5.74) is 6.17. The van der Waals surface area contributed by atoms with E-state index < -0.39 is 17.9 Å². The Labute approximate surface area is 110 Å². The summed E-state index contributed by atoms with van der Waals surface area (Å²) in [6.45, 7) is -0.337. The highest BCUT2D eigenvalue weighted by atomic mass is 16.5. The van der Waals surface area contributed by atoms with Crippen LogP contribution in [0, 0.1) is 0 Å². The van der Waals surface area contributed by atoms with E-state index in [9.17, 15) is 9.59 Å². The highest BCUT2D eigenvalue weighted by Gasteiger charge is 2.21. The number of nitrogens with one attached hydrogen (secondary N) is 1. The van der Waals surface area contributed by atoms with Crippen molar-refractivity contribution in [3.05, 3.63) is 23.8 Å². The van der Waals surface area contributed by atoms with Crippen LogP contribution < -0.4 is 15.8 Å². The molecule has 1 aromatic carbocycles. The average molecular weight is 268 g/mol. The normalized spacial score (nSPS) is 11.7. The Bertz CT molecular complexity index is 475. The zero-order chi connectivity index (χ0) is 14.4. The Morgan fingerprint density at radius 3 is 2.68 bits per heavy atom. The lowest BCUT2D eigenvalue weighted by molar-refractivity contribution is -0.139. The minimum absolute atomic E-state index is 0.0711. The van der Waals surface area contributed by atoms with Crippen molar-refractivity contribution < 1.29 is 24.5 Å². The molecule has 1 atom stereocenters. The van der Waals surface area contributed by atoms with E-state index in [0.29, 0.717) is 5.69 Å². The van der Waals surface area contributed by atoms with Crippen LogP contribution in [0.2, 0.25) is 0 Å². The number of aliphatic hydroxyl groups is 1. The second-order valence-corrected chi connectivity index (χ2v) is 3.84. The average Bonchev–Trinajstić information content (AvgIpc) is 2.37. The van der Waals surface area contributed by atoms with Gasteiger partial charge < -0.3 is 26.0 Å². The summed E-state index contributed by atoms with van der Waals surface area (Å²) in [5, 5.41) is 20.0. The van der Waals surface area contributed by atoms with Gasteiger partial charge in [0.15, 0.2) is 0 Å². The van der Waals surface area contributed by atoms with Crippen LogP contribution in [0.25, 0.3) is 0 Å².